The number of carboxylic acid groups (broad SMARTS) is 1. The van der Waals surface area contributed by atoms with Gasteiger partial charge in [-0.2, -0.15) is 0 Å². The van der Waals surface area contributed by atoms with Crippen LogP contribution in [0.3, 0.4) is 0 Å². The molecule has 0 bridgehead atoms. The Morgan fingerprint density at radius 2 is 2.22 bits per heavy atom. The number of carboxylic acids is 1. The van der Waals surface area contributed by atoms with Gasteiger partial charge in [0.15, 0.2) is 0 Å². The Bertz CT molecular complexity index is 422. The van der Waals surface area contributed by atoms with Crippen LogP contribution in [0.15, 0.2) is 24.3 Å². The van der Waals surface area contributed by atoms with E-state index in [1.165, 1.54) is 6.07 Å². The van der Waals surface area contributed by atoms with Gasteiger partial charge in [0.1, 0.15) is 5.82 Å². The number of halogens is 1. The van der Waals surface area contributed by atoms with Gasteiger partial charge in [-0.05, 0) is 31.9 Å². The van der Waals surface area contributed by atoms with E-state index in [1.807, 2.05) is 6.07 Å². The molecule has 18 heavy (non-hydrogen) atoms. The van der Waals surface area contributed by atoms with Crippen LogP contribution in [-0.4, -0.2) is 28.6 Å². The van der Waals surface area contributed by atoms with E-state index in [4.69, 9.17) is 5.11 Å². The van der Waals surface area contributed by atoms with Gasteiger partial charge in [0.25, 0.3) is 0 Å². The summed E-state index contributed by atoms with van der Waals surface area (Å²) in [5.74, 6) is -0.936. The summed E-state index contributed by atoms with van der Waals surface area (Å²) in [5.41, 5.74) is 0.694. The number of hydrogen-bond donors (Lipinski definition) is 1. The Labute approximate surface area is 106 Å². The van der Waals surface area contributed by atoms with Gasteiger partial charge in [-0.25, -0.2) is 4.39 Å². The first-order valence-electron chi connectivity index (χ1n) is 6.36. The Morgan fingerprint density at radius 1 is 1.44 bits per heavy atom. The van der Waals surface area contributed by atoms with E-state index in [9.17, 15) is 9.18 Å². The lowest BCUT2D eigenvalue weighted by Gasteiger charge is -2.24. The zero-order valence-corrected chi connectivity index (χ0v) is 10.3. The molecule has 0 saturated carbocycles. The second-order valence-corrected chi connectivity index (χ2v) is 4.79. The molecule has 1 unspecified atom stereocenters. The summed E-state index contributed by atoms with van der Waals surface area (Å²) in [6.07, 6.45) is 2.93. The van der Waals surface area contributed by atoms with E-state index >= 15 is 0 Å². The van der Waals surface area contributed by atoms with Crippen LogP contribution in [0.4, 0.5) is 4.39 Å². The molecule has 1 saturated heterocycles. The van der Waals surface area contributed by atoms with Gasteiger partial charge in [0, 0.05) is 24.6 Å². The van der Waals surface area contributed by atoms with Crippen molar-refractivity contribution >= 4 is 5.97 Å². The van der Waals surface area contributed by atoms with Gasteiger partial charge < -0.3 is 5.11 Å². The van der Waals surface area contributed by atoms with Crippen molar-refractivity contribution in [3.05, 3.63) is 35.6 Å². The molecule has 1 aromatic carbocycles. The Balaban J connectivity index is 1.95. The summed E-state index contributed by atoms with van der Waals surface area (Å²) in [5, 5.41) is 8.72. The summed E-state index contributed by atoms with van der Waals surface area (Å²) >= 11 is 0. The number of nitrogens with zero attached hydrogens (tertiary/aromatic N) is 1. The third kappa shape index (κ3) is 3.29. The first-order valence-corrected chi connectivity index (χ1v) is 6.36. The van der Waals surface area contributed by atoms with Crippen LogP contribution in [0.2, 0.25) is 0 Å². The lowest BCUT2D eigenvalue weighted by molar-refractivity contribution is -0.137. The largest absolute Gasteiger partial charge is 0.481 e. The molecule has 0 radical (unpaired) electrons. The van der Waals surface area contributed by atoms with E-state index in [1.54, 1.807) is 12.1 Å². The fraction of sp³-hybridized carbons (Fsp3) is 0.500. The minimum absolute atomic E-state index is 0.179. The summed E-state index contributed by atoms with van der Waals surface area (Å²) < 4.78 is 13.6. The van der Waals surface area contributed by atoms with Crippen molar-refractivity contribution in [2.24, 2.45) is 0 Å². The van der Waals surface area contributed by atoms with Crippen LogP contribution in [0.5, 0.6) is 0 Å². The first-order chi connectivity index (χ1) is 8.66. The predicted molar refractivity (Wildman–Crippen MR) is 66.7 cm³/mol. The molecule has 0 amide bonds. The van der Waals surface area contributed by atoms with E-state index in [0.29, 0.717) is 18.5 Å². The number of carbonyl (C=O) groups is 1. The third-order valence-electron chi connectivity index (χ3n) is 3.52. The Morgan fingerprint density at radius 3 is 2.94 bits per heavy atom. The topological polar surface area (TPSA) is 40.5 Å². The molecular formula is C14H18FNO2. The summed E-state index contributed by atoms with van der Waals surface area (Å²) in [6.45, 7) is 1.51. The SMILES string of the molecule is O=C(O)CCC1CCCN1Cc1ccccc1F. The number of hydrogen-bond acceptors (Lipinski definition) is 2. The molecule has 1 N–H and O–H groups in total. The van der Waals surface area contributed by atoms with Crippen LogP contribution in [0, 0.1) is 5.82 Å². The number of aliphatic carboxylic acids is 1. The zero-order chi connectivity index (χ0) is 13.0. The van der Waals surface area contributed by atoms with Crippen molar-refractivity contribution in [2.45, 2.75) is 38.3 Å². The molecule has 0 aliphatic carbocycles. The number of benzene rings is 1. The molecule has 3 nitrogen and oxygen atoms in total. The average molecular weight is 251 g/mol. The highest BCUT2D eigenvalue weighted by Gasteiger charge is 2.25. The van der Waals surface area contributed by atoms with E-state index in [-0.39, 0.29) is 18.3 Å². The van der Waals surface area contributed by atoms with Gasteiger partial charge in [-0.1, -0.05) is 18.2 Å². The van der Waals surface area contributed by atoms with E-state index < -0.39 is 5.97 Å². The fourth-order valence-corrected chi connectivity index (χ4v) is 2.57. The highest BCUT2D eigenvalue weighted by molar-refractivity contribution is 5.66. The smallest absolute Gasteiger partial charge is 0.303 e. The van der Waals surface area contributed by atoms with E-state index in [0.717, 1.165) is 19.4 Å². The summed E-state index contributed by atoms with van der Waals surface area (Å²) in [6, 6.07) is 7.06. The van der Waals surface area contributed by atoms with Crippen molar-refractivity contribution < 1.29 is 14.3 Å². The molecular weight excluding hydrogens is 233 g/mol. The van der Waals surface area contributed by atoms with Gasteiger partial charge in [0.2, 0.25) is 0 Å². The van der Waals surface area contributed by atoms with E-state index in [2.05, 4.69) is 4.90 Å². The molecule has 98 valence electrons. The minimum Gasteiger partial charge on any atom is -0.481 e. The summed E-state index contributed by atoms with van der Waals surface area (Å²) in [7, 11) is 0. The molecule has 1 aromatic rings. The highest BCUT2D eigenvalue weighted by atomic mass is 19.1. The van der Waals surface area contributed by atoms with Crippen molar-refractivity contribution in [3.8, 4) is 0 Å². The molecule has 4 heteroatoms. The standard InChI is InChI=1S/C14H18FNO2/c15-13-6-2-1-4-11(13)10-16-9-3-5-12(16)7-8-14(17)18/h1-2,4,6,12H,3,5,7-10H2,(H,17,18). The maximum atomic E-state index is 13.6. The van der Waals surface area contributed by atoms with Gasteiger partial charge in [-0.3, -0.25) is 9.69 Å². The van der Waals surface area contributed by atoms with Gasteiger partial charge in [-0.15, -0.1) is 0 Å². The van der Waals surface area contributed by atoms with Crippen LogP contribution in [-0.2, 0) is 11.3 Å². The van der Waals surface area contributed by atoms with Gasteiger partial charge in [0.05, 0.1) is 0 Å². The number of likely N-dealkylation sites (tertiary alicyclic amines) is 1. The van der Waals surface area contributed by atoms with Crippen molar-refractivity contribution in [1.82, 2.24) is 4.90 Å². The maximum absolute atomic E-state index is 13.6. The van der Waals surface area contributed by atoms with Crippen LogP contribution in [0.1, 0.15) is 31.2 Å². The zero-order valence-electron chi connectivity index (χ0n) is 10.3. The molecule has 0 spiro atoms. The summed E-state index contributed by atoms with van der Waals surface area (Å²) in [4.78, 5) is 12.8. The second-order valence-electron chi connectivity index (χ2n) is 4.79. The lowest BCUT2D eigenvalue weighted by atomic mass is 10.1. The van der Waals surface area contributed by atoms with Crippen LogP contribution in [0.25, 0.3) is 0 Å². The third-order valence-corrected chi connectivity index (χ3v) is 3.52. The highest BCUT2D eigenvalue weighted by Crippen LogP contribution is 2.24. The maximum Gasteiger partial charge on any atom is 0.303 e. The second kappa shape index (κ2) is 5.96. The Hall–Kier alpha value is -1.42. The average Bonchev–Trinajstić information content (AvgIpc) is 2.77. The normalized spacial score (nSPS) is 20.2. The quantitative estimate of drug-likeness (QED) is 0.874. The lowest BCUT2D eigenvalue weighted by Crippen LogP contribution is -2.29. The number of rotatable bonds is 5. The first kappa shape index (κ1) is 13.0. The van der Waals surface area contributed by atoms with Crippen molar-refractivity contribution in [3.63, 3.8) is 0 Å². The molecule has 1 aliphatic heterocycles. The molecule has 2 rings (SSSR count). The molecule has 1 atom stereocenters. The van der Waals surface area contributed by atoms with Crippen LogP contribution >= 0.6 is 0 Å². The van der Waals surface area contributed by atoms with Crippen molar-refractivity contribution in [2.75, 3.05) is 6.54 Å². The van der Waals surface area contributed by atoms with Gasteiger partial charge >= 0.3 is 5.97 Å². The molecule has 1 heterocycles. The monoisotopic (exact) mass is 251 g/mol. The van der Waals surface area contributed by atoms with Crippen molar-refractivity contribution in [1.29, 1.82) is 0 Å². The molecule has 1 aliphatic rings. The molecule has 1 fully saturated rings. The minimum atomic E-state index is -0.757. The predicted octanol–water partition coefficient (Wildman–Crippen LogP) is 2.65. The van der Waals surface area contributed by atoms with Crippen LogP contribution < -0.4 is 0 Å². The Kier molecular flexibility index (Phi) is 4.31. The molecule has 0 aromatic heterocycles. The fourth-order valence-electron chi connectivity index (χ4n) is 2.57.